The van der Waals surface area contributed by atoms with Crippen LogP contribution >= 0.6 is 27.3 Å². The van der Waals surface area contributed by atoms with Crippen LogP contribution in [0.4, 0.5) is 4.79 Å². The number of carbonyl (C=O) groups excluding carboxylic acids is 3. The molecule has 1 aromatic rings. The van der Waals surface area contributed by atoms with Crippen LogP contribution in [0, 0.1) is 0 Å². The zero-order chi connectivity index (χ0) is 14.0. The molecule has 0 saturated carbocycles. The zero-order valence-electron chi connectivity index (χ0n) is 9.81. The van der Waals surface area contributed by atoms with Crippen LogP contribution in [-0.4, -0.2) is 36.5 Å². The minimum atomic E-state index is -0.649. The first kappa shape index (κ1) is 13.8. The maximum atomic E-state index is 11.9. The minimum Gasteiger partial charge on any atom is -0.468 e. The molecule has 1 fully saturated rings. The van der Waals surface area contributed by atoms with Crippen molar-refractivity contribution in [1.82, 2.24) is 10.2 Å². The fourth-order valence-electron chi connectivity index (χ4n) is 1.46. The van der Waals surface area contributed by atoms with Crippen molar-refractivity contribution in [3.8, 4) is 0 Å². The highest BCUT2D eigenvalue weighted by molar-refractivity contribution is 9.10. The first-order valence-corrected chi connectivity index (χ1v) is 6.84. The van der Waals surface area contributed by atoms with Gasteiger partial charge in [-0.15, -0.1) is 11.3 Å². The van der Waals surface area contributed by atoms with Gasteiger partial charge in [0.05, 0.1) is 7.11 Å². The maximum Gasteiger partial charge on any atom is 0.329 e. The van der Waals surface area contributed by atoms with Gasteiger partial charge in [-0.05, 0) is 28.1 Å². The Hall–Kier alpha value is -1.67. The summed E-state index contributed by atoms with van der Waals surface area (Å²) in [7, 11) is 1.20. The molecular formula is C11H9BrN2O4S. The molecule has 100 valence electrons. The summed E-state index contributed by atoms with van der Waals surface area (Å²) in [5.74, 6) is -1.19. The molecule has 0 aromatic carbocycles. The van der Waals surface area contributed by atoms with Gasteiger partial charge in [-0.3, -0.25) is 9.59 Å². The van der Waals surface area contributed by atoms with Crippen molar-refractivity contribution in [1.29, 1.82) is 0 Å². The van der Waals surface area contributed by atoms with E-state index < -0.39 is 24.5 Å². The smallest absolute Gasteiger partial charge is 0.329 e. The highest BCUT2D eigenvalue weighted by Gasteiger charge is 2.35. The molecule has 0 aliphatic carbocycles. The van der Waals surface area contributed by atoms with Gasteiger partial charge in [-0.2, -0.15) is 0 Å². The molecule has 0 atom stereocenters. The Bertz CT molecular complexity index is 581. The minimum absolute atomic E-state index is 0.142. The summed E-state index contributed by atoms with van der Waals surface area (Å²) in [6.45, 7) is -0.396. The third-order valence-electron chi connectivity index (χ3n) is 2.35. The van der Waals surface area contributed by atoms with Crippen molar-refractivity contribution < 1.29 is 19.1 Å². The molecule has 1 aliphatic rings. The largest absolute Gasteiger partial charge is 0.468 e. The number of nitrogens with zero attached hydrogens (tertiary/aromatic N) is 1. The number of halogens is 1. The van der Waals surface area contributed by atoms with Crippen LogP contribution in [0.5, 0.6) is 0 Å². The van der Waals surface area contributed by atoms with E-state index in [0.29, 0.717) is 0 Å². The number of carbonyl (C=O) groups is 3. The molecule has 1 aliphatic heterocycles. The Morgan fingerprint density at radius 2 is 2.32 bits per heavy atom. The first-order chi connectivity index (χ1) is 9.01. The van der Waals surface area contributed by atoms with E-state index >= 15 is 0 Å². The number of amides is 3. The van der Waals surface area contributed by atoms with E-state index in [2.05, 4.69) is 26.0 Å². The van der Waals surface area contributed by atoms with E-state index in [4.69, 9.17) is 0 Å². The van der Waals surface area contributed by atoms with Gasteiger partial charge in [0.2, 0.25) is 0 Å². The summed E-state index contributed by atoms with van der Waals surface area (Å²) in [6, 6.07) is 1.19. The van der Waals surface area contributed by atoms with Crippen LogP contribution in [0.15, 0.2) is 21.6 Å². The molecule has 0 bridgehead atoms. The molecular weight excluding hydrogens is 336 g/mol. The number of rotatable bonds is 3. The fraction of sp³-hybridized carbons (Fsp3) is 0.182. The lowest BCUT2D eigenvalue weighted by Gasteiger charge is -2.08. The molecule has 6 nitrogen and oxygen atoms in total. The van der Waals surface area contributed by atoms with Crippen molar-refractivity contribution in [2.45, 2.75) is 0 Å². The number of methoxy groups -OCH3 is 1. The number of thiophene rings is 1. The number of urea groups is 1. The number of hydrogen-bond donors (Lipinski definition) is 1. The molecule has 0 unspecified atom stereocenters. The van der Waals surface area contributed by atoms with Gasteiger partial charge >= 0.3 is 12.0 Å². The molecule has 1 N–H and O–H groups in total. The lowest BCUT2D eigenvalue weighted by atomic mass is 10.3. The van der Waals surface area contributed by atoms with E-state index in [9.17, 15) is 14.4 Å². The van der Waals surface area contributed by atoms with Crippen molar-refractivity contribution in [3.63, 3.8) is 0 Å². The second-order valence-electron chi connectivity index (χ2n) is 3.62. The molecule has 1 saturated heterocycles. The monoisotopic (exact) mass is 344 g/mol. The summed E-state index contributed by atoms with van der Waals surface area (Å²) in [6.07, 6.45) is 1.56. The number of esters is 1. The van der Waals surface area contributed by atoms with Gasteiger partial charge in [0.25, 0.3) is 5.91 Å². The fourth-order valence-corrected chi connectivity index (χ4v) is 2.83. The van der Waals surface area contributed by atoms with Crippen molar-refractivity contribution in [2.75, 3.05) is 13.7 Å². The molecule has 8 heteroatoms. The van der Waals surface area contributed by atoms with E-state index in [0.717, 1.165) is 14.2 Å². The van der Waals surface area contributed by atoms with E-state index in [-0.39, 0.29) is 5.70 Å². The lowest BCUT2D eigenvalue weighted by molar-refractivity contribution is -0.143. The van der Waals surface area contributed by atoms with Crippen molar-refractivity contribution >= 4 is 51.3 Å². The summed E-state index contributed by atoms with van der Waals surface area (Å²) >= 11 is 4.72. The highest BCUT2D eigenvalue weighted by Crippen LogP contribution is 2.23. The zero-order valence-corrected chi connectivity index (χ0v) is 12.2. The third-order valence-corrected chi connectivity index (χ3v) is 3.99. The van der Waals surface area contributed by atoms with Crippen molar-refractivity contribution in [3.05, 3.63) is 26.5 Å². The Morgan fingerprint density at radius 3 is 2.89 bits per heavy atom. The highest BCUT2D eigenvalue weighted by atomic mass is 79.9. The second kappa shape index (κ2) is 5.54. The quantitative estimate of drug-likeness (QED) is 0.513. The molecule has 2 heterocycles. The van der Waals surface area contributed by atoms with Gasteiger partial charge in [-0.1, -0.05) is 0 Å². The van der Waals surface area contributed by atoms with Crippen LogP contribution in [-0.2, 0) is 14.3 Å². The van der Waals surface area contributed by atoms with Crippen LogP contribution in [0.25, 0.3) is 6.08 Å². The molecule has 0 spiro atoms. The number of imide groups is 1. The summed E-state index contributed by atoms with van der Waals surface area (Å²) < 4.78 is 5.33. The second-order valence-corrected chi connectivity index (χ2v) is 5.48. The predicted octanol–water partition coefficient (Wildman–Crippen LogP) is 1.58. The van der Waals surface area contributed by atoms with E-state index in [1.807, 2.05) is 11.4 Å². The van der Waals surface area contributed by atoms with Gasteiger partial charge < -0.3 is 10.1 Å². The van der Waals surface area contributed by atoms with Crippen LogP contribution in [0.1, 0.15) is 4.88 Å². The van der Waals surface area contributed by atoms with Crippen molar-refractivity contribution in [2.24, 2.45) is 0 Å². The Balaban J connectivity index is 2.18. The lowest BCUT2D eigenvalue weighted by Crippen LogP contribution is -2.36. The van der Waals surface area contributed by atoms with Gasteiger partial charge in [-0.25, -0.2) is 9.69 Å². The third kappa shape index (κ3) is 3.02. The maximum absolute atomic E-state index is 11.9. The molecule has 1 aromatic heterocycles. The molecule has 3 amide bonds. The average Bonchev–Trinajstić information content (AvgIpc) is 2.88. The van der Waals surface area contributed by atoms with E-state index in [1.165, 1.54) is 18.4 Å². The predicted molar refractivity (Wildman–Crippen MR) is 72.3 cm³/mol. The first-order valence-electron chi connectivity index (χ1n) is 5.16. The molecule has 2 rings (SSSR count). The Kier molecular flexibility index (Phi) is 4.01. The normalized spacial score (nSPS) is 16.9. The van der Waals surface area contributed by atoms with Gasteiger partial charge in [0.15, 0.2) is 0 Å². The topological polar surface area (TPSA) is 75.7 Å². The SMILES string of the molecule is COC(=O)CN1C(=O)N/C(=C/c2cc(Br)cs2)C1=O. The summed E-state index contributed by atoms with van der Waals surface area (Å²) in [5, 5.41) is 4.28. The van der Waals surface area contributed by atoms with Gasteiger partial charge in [0, 0.05) is 14.7 Å². The molecule has 0 radical (unpaired) electrons. The Labute approximate surface area is 121 Å². The number of hydrogen-bond acceptors (Lipinski definition) is 5. The summed E-state index contributed by atoms with van der Waals surface area (Å²) in [5.41, 5.74) is 0.142. The number of ether oxygens (including phenoxy) is 1. The molecule has 19 heavy (non-hydrogen) atoms. The number of nitrogens with one attached hydrogen (secondary N) is 1. The standard InChI is InChI=1S/C11H9BrN2O4S/c1-18-9(15)4-14-10(16)8(13-11(14)17)3-7-2-6(12)5-19-7/h2-3,5H,4H2,1H3,(H,13,17)/b8-3+. The average molecular weight is 345 g/mol. The summed E-state index contributed by atoms with van der Waals surface area (Å²) in [4.78, 5) is 36.2. The van der Waals surface area contributed by atoms with Gasteiger partial charge in [0.1, 0.15) is 12.2 Å². The van der Waals surface area contributed by atoms with E-state index in [1.54, 1.807) is 6.08 Å². The van der Waals surface area contributed by atoms with Crippen LogP contribution in [0.3, 0.4) is 0 Å². The van der Waals surface area contributed by atoms with Crippen LogP contribution in [0.2, 0.25) is 0 Å². The van der Waals surface area contributed by atoms with Crippen LogP contribution < -0.4 is 5.32 Å². The Morgan fingerprint density at radius 1 is 1.58 bits per heavy atom.